The number of benzene rings is 3. The second kappa shape index (κ2) is 11.2. The molecule has 1 amide bonds. The zero-order valence-electron chi connectivity index (χ0n) is 22.2. The van der Waals surface area contributed by atoms with Crippen molar-refractivity contribution in [2.75, 3.05) is 19.5 Å². The van der Waals surface area contributed by atoms with Crippen molar-refractivity contribution in [3.63, 3.8) is 0 Å². The second-order valence-corrected chi connectivity index (χ2v) is 10.1. The van der Waals surface area contributed by atoms with Crippen LogP contribution in [0.15, 0.2) is 65.8 Å². The van der Waals surface area contributed by atoms with Crippen LogP contribution in [0.3, 0.4) is 0 Å². The van der Waals surface area contributed by atoms with E-state index in [0.29, 0.717) is 51.0 Å². The van der Waals surface area contributed by atoms with Crippen molar-refractivity contribution in [3.05, 3.63) is 76.3 Å². The molecule has 0 spiro atoms. The average Bonchev–Trinajstić information content (AvgIpc) is 3.41. The van der Waals surface area contributed by atoms with E-state index in [4.69, 9.17) is 24.5 Å². The van der Waals surface area contributed by atoms with E-state index in [0.717, 1.165) is 11.3 Å². The van der Waals surface area contributed by atoms with Gasteiger partial charge in [-0.25, -0.2) is 9.97 Å². The van der Waals surface area contributed by atoms with Gasteiger partial charge >= 0.3 is 0 Å². The van der Waals surface area contributed by atoms with Crippen LogP contribution in [0.4, 0.5) is 11.4 Å². The van der Waals surface area contributed by atoms with Crippen molar-refractivity contribution >= 4 is 45.6 Å². The Hall–Kier alpha value is -4.71. The number of nitro groups is 1. The zero-order valence-corrected chi connectivity index (χ0v) is 23.1. The van der Waals surface area contributed by atoms with Crippen LogP contribution in [0.5, 0.6) is 11.5 Å². The van der Waals surface area contributed by atoms with Crippen LogP contribution in [0.25, 0.3) is 27.9 Å². The molecule has 204 valence electrons. The Bertz CT molecular complexity index is 1740. The molecule has 1 atom stereocenters. The van der Waals surface area contributed by atoms with E-state index in [1.807, 2.05) is 38.1 Å². The van der Waals surface area contributed by atoms with Crippen LogP contribution in [-0.4, -0.2) is 49.9 Å². The fraction of sp³-hybridized carbons (Fsp3) is 0.214. The van der Waals surface area contributed by atoms with Gasteiger partial charge in [-0.05, 0) is 49.2 Å². The number of rotatable bonds is 9. The maximum Gasteiger partial charge on any atom is 0.269 e. The lowest BCUT2D eigenvalue weighted by Gasteiger charge is -2.16. The van der Waals surface area contributed by atoms with Crippen molar-refractivity contribution in [3.8, 4) is 22.9 Å². The van der Waals surface area contributed by atoms with Crippen molar-refractivity contribution in [1.82, 2.24) is 19.6 Å². The van der Waals surface area contributed by atoms with Crippen molar-refractivity contribution in [1.29, 1.82) is 0 Å². The van der Waals surface area contributed by atoms with E-state index in [-0.39, 0.29) is 11.6 Å². The number of non-ortho nitro benzene ring substituents is 1. The Morgan fingerprint density at radius 3 is 2.45 bits per heavy atom. The third-order valence-corrected chi connectivity index (χ3v) is 7.59. The van der Waals surface area contributed by atoms with Gasteiger partial charge in [-0.15, -0.1) is 5.10 Å². The maximum absolute atomic E-state index is 13.3. The minimum Gasteiger partial charge on any atom is -0.493 e. The molecule has 12 heteroatoms. The normalized spacial score (nSPS) is 11.9. The number of carbonyl (C=O) groups excluding carboxylic acids is 1. The SMILES string of the molecule is CC[C@@H](Sc1nc2cc(OC)c(OC)cc2c2nc(-c3ccc([N+](=O)[O-])cc3)nn12)C(=O)Nc1cccc(C)c1. The summed E-state index contributed by atoms with van der Waals surface area (Å²) in [6, 6.07) is 17.2. The third kappa shape index (κ3) is 5.25. The van der Waals surface area contributed by atoms with Gasteiger partial charge in [0.15, 0.2) is 28.1 Å². The number of ether oxygens (including phenoxy) is 2. The highest BCUT2D eigenvalue weighted by atomic mass is 32.2. The molecule has 11 nitrogen and oxygen atoms in total. The van der Waals surface area contributed by atoms with E-state index in [2.05, 4.69) is 5.32 Å². The number of amides is 1. The number of hydrogen-bond acceptors (Lipinski definition) is 9. The molecule has 0 saturated heterocycles. The number of aromatic nitrogens is 4. The van der Waals surface area contributed by atoms with Gasteiger partial charge in [-0.3, -0.25) is 14.9 Å². The third-order valence-electron chi connectivity index (χ3n) is 6.28. The summed E-state index contributed by atoms with van der Waals surface area (Å²) in [5.41, 5.74) is 3.42. The first-order valence-corrected chi connectivity index (χ1v) is 13.3. The minimum atomic E-state index is -0.471. The lowest BCUT2D eigenvalue weighted by Crippen LogP contribution is -2.25. The molecule has 2 heterocycles. The van der Waals surface area contributed by atoms with Crippen LogP contribution in [0, 0.1) is 17.0 Å². The molecule has 3 aromatic carbocycles. The lowest BCUT2D eigenvalue weighted by molar-refractivity contribution is -0.384. The standard InChI is InChI=1S/C28H26N6O5S/c1-5-24(27(35)29-18-8-6-7-16(2)13-18)40-28-30-21-15-23(39-4)22(38-3)14-20(21)26-31-25(32-33(26)28)17-9-11-19(12-10-17)34(36)37/h6-15,24H,5H2,1-4H3,(H,29,35)/t24-/m1/s1. The largest absolute Gasteiger partial charge is 0.493 e. The number of thioether (sulfide) groups is 1. The van der Waals surface area contributed by atoms with Gasteiger partial charge in [0.05, 0.1) is 29.9 Å². The monoisotopic (exact) mass is 558 g/mol. The number of nitrogens with one attached hydrogen (secondary N) is 1. The first kappa shape index (κ1) is 26.9. The van der Waals surface area contributed by atoms with E-state index in [1.54, 1.807) is 43.0 Å². The zero-order chi connectivity index (χ0) is 28.4. The van der Waals surface area contributed by atoms with Gasteiger partial charge < -0.3 is 14.8 Å². The Balaban J connectivity index is 1.61. The Kier molecular flexibility index (Phi) is 7.52. The van der Waals surface area contributed by atoms with Gasteiger partial charge in [0.25, 0.3) is 5.69 Å². The molecule has 1 N–H and O–H groups in total. The number of hydrogen-bond donors (Lipinski definition) is 1. The molecule has 5 aromatic rings. The van der Waals surface area contributed by atoms with Crippen LogP contribution in [-0.2, 0) is 4.79 Å². The van der Waals surface area contributed by atoms with Crippen LogP contribution in [0.2, 0.25) is 0 Å². The smallest absolute Gasteiger partial charge is 0.269 e. The number of anilines is 1. The molecule has 0 radical (unpaired) electrons. The molecule has 0 saturated carbocycles. The fourth-order valence-corrected chi connectivity index (χ4v) is 5.20. The first-order chi connectivity index (χ1) is 19.3. The molecule has 40 heavy (non-hydrogen) atoms. The lowest BCUT2D eigenvalue weighted by atomic mass is 10.2. The fourth-order valence-electron chi connectivity index (χ4n) is 4.24. The molecule has 0 aliphatic rings. The Labute approximate surface area is 233 Å². The van der Waals surface area contributed by atoms with E-state index < -0.39 is 10.2 Å². The van der Waals surface area contributed by atoms with Crippen LogP contribution < -0.4 is 14.8 Å². The summed E-state index contributed by atoms with van der Waals surface area (Å²) in [5.74, 6) is 1.21. The van der Waals surface area contributed by atoms with Crippen LogP contribution >= 0.6 is 11.8 Å². The van der Waals surface area contributed by atoms with Crippen molar-refractivity contribution in [2.45, 2.75) is 30.7 Å². The highest BCUT2D eigenvalue weighted by Gasteiger charge is 2.24. The molecule has 0 bridgehead atoms. The molecular weight excluding hydrogens is 532 g/mol. The summed E-state index contributed by atoms with van der Waals surface area (Å²) in [7, 11) is 3.09. The minimum absolute atomic E-state index is 0.0295. The summed E-state index contributed by atoms with van der Waals surface area (Å²) >= 11 is 1.28. The number of methoxy groups -OCH3 is 2. The van der Waals surface area contributed by atoms with Gasteiger partial charge in [0.2, 0.25) is 5.91 Å². The molecule has 0 fully saturated rings. The van der Waals surface area contributed by atoms with Crippen LogP contribution in [0.1, 0.15) is 18.9 Å². The molecule has 0 aliphatic carbocycles. The molecule has 2 aromatic heterocycles. The highest BCUT2D eigenvalue weighted by molar-refractivity contribution is 8.00. The van der Waals surface area contributed by atoms with Gasteiger partial charge in [-0.2, -0.15) is 4.52 Å². The van der Waals surface area contributed by atoms with Crippen molar-refractivity contribution < 1.29 is 19.2 Å². The number of aryl methyl sites for hydroxylation is 1. The summed E-state index contributed by atoms with van der Waals surface area (Å²) in [6.07, 6.45) is 0.541. The highest BCUT2D eigenvalue weighted by Crippen LogP contribution is 2.36. The molecule has 5 rings (SSSR count). The molecule has 0 aliphatic heterocycles. The summed E-state index contributed by atoms with van der Waals surface area (Å²) in [6.45, 7) is 3.90. The van der Waals surface area contributed by atoms with Gasteiger partial charge in [0.1, 0.15) is 0 Å². The number of nitrogens with zero attached hydrogens (tertiary/aromatic N) is 5. The van der Waals surface area contributed by atoms with Gasteiger partial charge in [-0.1, -0.05) is 30.8 Å². The topological polar surface area (TPSA) is 134 Å². The quantitative estimate of drug-likeness (QED) is 0.105. The Morgan fingerprint density at radius 2 is 1.80 bits per heavy atom. The van der Waals surface area contributed by atoms with Gasteiger partial charge in [0, 0.05) is 34.8 Å². The van der Waals surface area contributed by atoms with E-state index >= 15 is 0 Å². The van der Waals surface area contributed by atoms with E-state index in [9.17, 15) is 14.9 Å². The molecular formula is C28H26N6O5S. The Morgan fingerprint density at radius 1 is 1.07 bits per heavy atom. The van der Waals surface area contributed by atoms with Crippen molar-refractivity contribution in [2.24, 2.45) is 0 Å². The predicted molar refractivity (Wildman–Crippen MR) is 153 cm³/mol. The number of carbonyl (C=O) groups is 1. The second-order valence-electron chi connectivity index (χ2n) is 8.97. The summed E-state index contributed by atoms with van der Waals surface area (Å²) in [5, 5.41) is 19.5. The number of fused-ring (bicyclic) bond motifs is 3. The summed E-state index contributed by atoms with van der Waals surface area (Å²) < 4.78 is 12.6. The first-order valence-electron chi connectivity index (χ1n) is 12.4. The number of nitro benzene ring substituents is 1. The summed E-state index contributed by atoms with van der Waals surface area (Å²) in [4.78, 5) is 33.5. The molecule has 0 unspecified atom stereocenters. The average molecular weight is 559 g/mol. The maximum atomic E-state index is 13.3. The predicted octanol–water partition coefficient (Wildman–Crippen LogP) is 5.69. The van der Waals surface area contributed by atoms with E-state index in [1.165, 1.54) is 23.9 Å².